The van der Waals surface area contributed by atoms with Gasteiger partial charge >= 0.3 is 12.3 Å². The quantitative estimate of drug-likeness (QED) is 0.824. The number of likely N-dealkylation sites (tertiary alicyclic amines) is 1. The molecule has 8 heteroatoms. The predicted octanol–water partition coefficient (Wildman–Crippen LogP) is 3.55. The van der Waals surface area contributed by atoms with Gasteiger partial charge in [-0.25, -0.2) is 4.79 Å². The lowest BCUT2D eigenvalue weighted by Crippen LogP contribution is -2.64. The predicted molar refractivity (Wildman–Crippen MR) is 80.2 cm³/mol. The first-order valence-electron chi connectivity index (χ1n) is 8.03. The molecule has 1 amide bonds. The number of carbonyl (C=O) groups is 1. The van der Waals surface area contributed by atoms with Crippen molar-refractivity contribution in [1.82, 2.24) is 14.7 Å². The molecule has 5 nitrogen and oxygen atoms in total. The van der Waals surface area contributed by atoms with Crippen LogP contribution in [0.1, 0.15) is 39.2 Å². The van der Waals surface area contributed by atoms with Gasteiger partial charge in [0.05, 0.1) is 11.8 Å². The van der Waals surface area contributed by atoms with Crippen molar-refractivity contribution >= 4 is 6.09 Å². The van der Waals surface area contributed by atoms with E-state index in [0.29, 0.717) is 25.6 Å². The summed E-state index contributed by atoms with van der Waals surface area (Å²) < 4.78 is 44.4. The normalized spacial score (nSPS) is 20.7. The lowest BCUT2D eigenvalue weighted by molar-refractivity contribution is -0.137. The second kappa shape index (κ2) is 5.39. The van der Waals surface area contributed by atoms with E-state index in [1.807, 2.05) is 20.8 Å². The maximum Gasteiger partial charge on any atom is 0.419 e. The van der Waals surface area contributed by atoms with E-state index in [1.54, 1.807) is 4.90 Å². The number of carbonyl (C=O) groups excluding carboxylic acids is 1. The zero-order chi connectivity index (χ0) is 17.8. The van der Waals surface area contributed by atoms with E-state index in [0.717, 1.165) is 25.2 Å². The van der Waals surface area contributed by atoms with Crippen molar-refractivity contribution in [3.05, 3.63) is 18.0 Å². The Balaban J connectivity index is 1.44. The van der Waals surface area contributed by atoms with E-state index >= 15 is 0 Å². The minimum atomic E-state index is -4.35. The lowest BCUT2D eigenvalue weighted by atomic mass is 9.58. The summed E-state index contributed by atoms with van der Waals surface area (Å²) >= 11 is 0. The highest BCUT2D eigenvalue weighted by Crippen LogP contribution is 2.52. The van der Waals surface area contributed by atoms with Crippen LogP contribution in [0, 0.1) is 11.3 Å². The van der Waals surface area contributed by atoms with E-state index in [1.165, 1.54) is 4.68 Å². The number of aromatic nitrogens is 2. The molecule has 134 valence electrons. The number of rotatable bonds is 2. The zero-order valence-corrected chi connectivity index (χ0v) is 14.1. The van der Waals surface area contributed by atoms with Crippen molar-refractivity contribution < 1.29 is 22.7 Å². The number of hydrogen-bond acceptors (Lipinski definition) is 3. The van der Waals surface area contributed by atoms with Gasteiger partial charge in [0.15, 0.2) is 0 Å². The molecule has 1 aromatic heterocycles. The number of hydrogen-bond donors (Lipinski definition) is 0. The van der Waals surface area contributed by atoms with E-state index in [-0.39, 0.29) is 11.5 Å². The lowest BCUT2D eigenvalue weighted by Gasteiger charge is -2.58. The standard InChI is InChI=1S/C16H22F3N3O2/c1-14(2,3)24-13(23)21-9-15(10-21)4-11(5-15)7-22-8-12(6-20-22)16(17,18)19/h6,8,11H,4-5,7,9-10H2,1-3H3. The number of amides is 1. The molecule has 1 saturated carbocycles. The summed E-state index contributed by atoms with van der Waals surface area (Å²) in [4.78, 5) is 13.6. The molecule has 1 aliphatic heterocycles. The second-order valence-corrected chi connectivity index (χ2v) is 8.06. The molecular weight excluding hydrogens is 323 g/mol. The smallest absolute Gasteiger partial charge is 0.419 e. The molecule has 1 saturated heterocycles. The van der Waals surface area contributed by atoms with Crippen LogP contribution < -0.4 is 0 Å². The monoisotopic (exact) mass is 345 g/mol. The molecular formula is C16H22F3N3O2. The molecule has 3 rings (SSSR count). The Morgan fingerprint density at radius 2 is 1.96 bits per heavy atom. The average Bonchev–Trinajstić information content (AvgIpc) is 2.75. The molecule has 2 fully saturated rings. The minimum Gasteiger partial charge on any atom is -0.444 e. The molecule has 24 heavy (non-hydrogen) atoms. The van der Waals surface area contributed by atoms with Crippen molar-refractivity contribution in [3.8, 4) is 0 Å². The highest BCUT2D eigenvalue weighted by Gasteiger charge is 2.54. The number of halogens is 3. The highest BCUT2D eigenvalue weighted by atomic mass is 19.4. The van der Waals surface area contributed by atoms with Crippen LogP contribution in [0.25, 0.3) is 0 Å². The molecule has 1 spiro atoms. The first-order chi connectivity index (χ1) is 11.0. The van der Waals surface area contributed by atoms with Crippen LogP contribution in [-0.2, 0) is 17.5 Å². The van der Waals surface area contributed by atoms with Crippen molar-refractivity contribution in [2.45, 2.75) is 51.9 Å². The van der Waals surface area contributed by atoms with Gasteiger partial charge in [0.1, 0.15) is 5.60 Å². The Labute approximate surface area is 138 Å². The highest BCUT2D eigenvalue weighted by molar-refractivity contribution is 5.69. The van der Waals surface area contributed by atoms with Crippen LogP contribution in [0.3, 0.4) is 0 Å². The van der Waals surface area contributed by atoms with E-state index in [4.69, 9.17) is 4.74 Å². The van der Waals surface area contributed by atoms with Crippen LogP contribution in [0.2, 0.25) is 0 Å². The van der Waals surface area contributed by atoms with Crippen LogP contribution in [-0.4, -0.2) is 39.5 Å². The Bertz CT molecular complexity index is 619. The third kappa shape index (κ3) is 3.52. The van der Waals surface area contributed by atoms with Gasteiger partial charge in [-0.05, 0) is 39.5 Å². The number of alkyl halides is 3. The SMILES string of the molecule is CC(C)(C)OC(=O)N1CC2(CC(Cn3cc(C(F)(F)F)cn3)C2)C1. The third-order valence-corrected chi connectivity index (χ3v) is 4.55. The topological polar surface area (TPSA) is 47.4 Å². The van der Waals surface area contributed by atoms with E-state index in [2.05, 4.69) is 5.10 Å². The Morgan fingerprint density at radius 1 is 1.33 bits per heavy atom. The molecule has 0 aromatic carbocycles. The Hall–Kier alpha value is -1.73. The third-order valence-electron chi connectivity index (χ3n) is 4.55. The fourth-order valence-corrected chi connectivity index (χ4v) is 3.65. The summed E-state index contributed by atoms with van der Waals surface area (Å²) in [5, 5.41) is 3.79. The molecule has 0 atom stereocenters. The summed E-state index contributed by atoms with van der Waals surface area (Å²) in [6.45, 7) is 7.33. The number of ether oxygens (including phenoxy) is 1. The molecule has 2 heterocycles. The van der Waals surface area contributed by atoms with Crippen molar-refractivity contribution in [2.24, 2.45) is 11.3 Å². The van der Waals surface area contributed by atoms with Gasteiger partial charge in [0, 0.05) is 31.2 Å². The Morgan fingerprint density at radius 3 is 2.46 bits per heavy atom. The zero-order valence-electron chi connectivity index (χ0n) is 14.1. The van der Waals surface area contributed by atoms with Gasteiger partial charge in [-0.3, -0.25) is 4.68 Å². The minimum absolute atomic E-state index is 0.127. The summed E-state index contributed by atoms with van der Waals surface area (Å²) in [6, 6.07) is 0. The molecule has 2 aliphatic rings. The van der Waals surface area contributed by atoms with Crippen LogP contribution in [0.4, 0.5) is 18.0 Å². The largest absolute Gasteiger partial charge is 0.444 e. The maximum atomic E-state index is 12.6. The first kappa shape index (κ1) is 17.1. The summed E-state index contributed by atoms with van der Waals surface area (Å²) in [7, 11) is 0. The molecule has 0 radical (unpaired) electrons. The van der Waals surface area contributed by atoms with Crippen molar-refractivity contribution in [1.29, 1.82) is 0 Å². The van der Waals surface area contributed by atoms with E-state index in [9.17, 15) is 18.0 Å². The Kier molecular flexibility index (Phi) is 3.84. The number of nitrogens with zero attached hydrogens (tertiary/aromatic N) is 3. The fraction of sp³-hybridized carbons (Fsp3) is 0.750. The molecule has 0 N–H and O–H groups in total. The van der Waals surface area contributed by atoms with E-state index < -0.39 is 17.3 Å². The van der Waals surface area contributed by atoms with Gasteiger partial charge in [-0.1, -0.05) is 0 Å². The first-order valence-corrected chi connectivity index (χ1v) is 8.03. The molecule has 0 bridgehead atoms. The van der Waals surface area contributed by atoms with Gasteiger partial charge in [-0.2, -0.15) is 18.3 Å². The van der Waals surface area contributed by atoms with Gasteiger partial charge in [-0.15, -0.1) is 0 Å². The van der Waals surface area contributed by atoms with Crippen molar-refractivity contribution in [3.63, 3.8) is 0 Å². The van der Waals surface area contributed by atoms with Crippen LogP contribution in [0.5, 0.6) is 0 Å². The maximum absolute atomic E-state index is 12.6. The van der Waals surface area contributed by atoms with Gasteiger partial charge < -0.3 is 9.64 Å². The average molecular weight is 345 g/mol. The second-order valence-electron chi connectivity index (χ2n) is 8.06. The van der Waals surface area contributed by atoms with Crippen LogP contribution >= 0.6 is 0 Å². The molecule has 1 aliphatic carbocycles. The molecule has 1 aromatic rings. The van der Waals surface area contributed by atoms with Gasteiger partial charge in [0.2, 0.25) is 0 Å². The van der Waals surface area contributed by atoms with Gasteiger partial charge in [0.25, 0.3) is 0 Å². The summed E-state index contributed by atoms with van der Waals surface area (Å²) in [5.74, 6) is 0.312. The summed E-state index contributed by atoms with van der Waals surface area (Å²) in [5.41, 5.74) is -1.09. The van der Waals surface area contributed by atoms with Crippen LogP contribution in [0.15, 0.2) is 12.4 Å². The summed E-state index contributed by atoms with van der Waals surface area (Å²) in [6.07, 6.45) is -0.901. The molecule has 0 unspecified atom stereocenters. The van der Waals surface area contributed by atoms with Crippen molar-refractivity contribution in [2.75, 3.05) is 13.1 Å². The fourth-order valence-electron chi connectivity index (χ4n) is 3.65.